The maximum atomic E-state index is 12.5. The van der Waals surface area contributed by atoms with Gasteiger partial charge in [-0.3, -0.25) is 4.90 Å². The summed E-state index contributed by atoms with van der Waals surface area (Å²) in [6, 6.07) is 5.51. The fourth-order valence-electron chi connectivity index (χ4n) is 3.01. The molecule has 1 aromatic rings. The van der Waals surface area contributed by atoms with Crippen LogP contribution >= 0.6 is 0 Å². The maximum Gasteiger partial charge on any atom is 0.401 e. The fourth-order valence-corrected chi connectivity index (χ4v) is 3.01. The smallest absolute Gasteiger partial charge is 0.401 e. The molecule has 1 heterocycles. The van der Waals surface area contributed by atoms with Crippen LogP contribution < -0.4 is 20.1 Å². The second-order valence-electron chi connectivity index (χ2n) is 6.36. The van der Waals surface area contributed by atoms with Crippen LogP contribution in [0, 0.1) is 0 Å². The number of rotatable bonds is 7. The van der Waals surface area contributed by atoms with Crippen LogP contribution in [-0.2, 0) is 6.54 Å². The predicted octanol–water partition coefficient (Wildman–Crippen LogP) is 2.40. The Bertz CT molecular complexity index is 638. The van der Waals surface area contributed by atoms with E-state index in [4.69, 9.17) is 9.47 Å². The van der Waals surface area contributed by atoms with Gasteiger partial charge in [0, 0.05) is 25.7 Å². The van der Waals surface area contributed by atoms with Crippen molar-refractivity contribution < 1.29 is 22.6 Å². The first-order valence-corrected chi connectivity index (χ1v) is 8.89. The topological polar surface area (TPSA) is 58.1 Å². The van der Waals surface area contributed by atoms with Crippen LogP contribution in [0.15, 0.2) is 23.2 Å². The lowest BCUT2D eigenvalue weighted by molar-refractivity contribution is -0.143. The average Bonchev–Trinajstić information content (AvgIpc) is 3.04. The highest BCUT2D eigenvalue weighted by Gasteiger charge is 2.34. The van der Waals surface area contributed by atoms with E-state index in [0.717, 1.165) is 5.56 Å². The van der Waals surface area contributed by atoms with Crippen LogP contribution in [0.5, 0.6) is 11.5 Å². The molecule has 0 amide bonds. The van der Waals surface area contributed by atoms with Gasteiger partial charge in [-0.2, -0.15) is 13.2 Å². The first kappa shape index (κ1) is 21.1. The van der Waals surface area contributed by atoms with Crippen molar-refractivity contribution in [1.82, 2.24) is 15.5 Å². The molecule has 0 spiro atoms. The Morgan fingerprint density at radius 2 is 2.00 bits per heavy atom. The number of benzene rings is 1. The van der Waals surface area contributed by atoms with Gasteiger partial charge in [0.1, 0.15) is 0 Å². The minimum atomic E-state index is -4.17. The zero-order valence-electron chi connectivity index (χ0n) is 15.9. The Hall–Kier alpha value is -2.16. The molecule has 1 atom stereocenters. The van der Waals surface area contributed by atoms with Crippen LogP contribution in [0.25, 0.3) is 0 Å². The third-order valence-electron chi connectivity index (χ3n) is 4.23. The number of nitrogens with one attached hydrogen (secondary N) is 2. The number of ether oxygens (including phenoxy) is 2. The highest BCUT2D eigenvalue weighted by atomic mass is 19.4. The van der Waals surface area contributed by atoms with E-state index in [9.17, 15) is 13.2 Å². The molecule has 27 heavy (non-hydrogen) atoms. The van der Waals surface area contributed by atoms with E-state index < -0.39 is 12.7 Å². The monoisotopic (exact) mass is 388 g/mol. The molecule has 1 aliphatic heterocycles. The summed E-state index contributed by atoms with van der Waals surface area (Å²) in [4.78, 5) is 5.95. The molecule has 0 radical (unpaired) electrons. The Morgan fingerprint density at radius 3 is 2.63 bits per heavy atom. The van der Waals surface area contributed by atoms with E-state index in [-0.39, 0.29) is 6.04 Å². The molecule has 0 aromatic heterocycles. The molecule has 2 N–H and O–H groups in total. The molecule has 0 saturated carbocycles. The largest absolute Gasteiger partial charge is 0.493 e. The highest BCUT2D eigenvalue weighted by Crippen LogP contribution is 2.27. The van der Waals surface area contributed by atoms with Crippen LogP contribution in [-0.4, -0.2) is 63.5 Å². The number of aliphatic imine (C=N–C) groups is 1. The Kier molecular flexibility index (Phi) is 7.58. The summed E-state index contributed by atoms with van der Waals surface area (Å²) in [7, 11) is 3.15. The number of alkyl halides is 3. The molecule has 1 unspecified atom stereocenters. The van der Waals surface area contributed by atoms with Gasteiger partial charge in [0.2, 0.25) is 0 Å². The van der Waals surface area contributed by atoms with Crippen molar-refractivity contribution in [2.24, 2.45) is 4.99 Å². The Labute approximate surface area is 157 Å². The summed E-state index contributed by atoms with van der Waals surface area (Å²) in [5.41, 5.74) is 0.940. The van der Waals surface area contributed by atoms with E-state index in [1.807, 2.05) is 25.1 Å². The van der Waals surface area contributed by atoms with E-state index in [2.05, 4.69) is 15.6 Å². The van der Waals surface area contributed by atoms with Crippen LogP contribution in [0.4, 0.5) is 13.2 Å². The van der Waals surface area contributed by atoms with Crippen LogP contribution in [0.3, 0.4) is 0 Å². The molecule has 1 saturated heterocycles. The van der Waals surface area contributed by atoms with E-state index in [1.54, 1.807) is 14.2 Å². The van der Waals surface area contributed by atoms with E-state index >= 15 is 0 Å². The van der Waals surface area contributed by atoms with Gasteiger partial charge in [0.25, 0.3) is 0 Å². The van der Waals surface area contributed by atoms with Crippen molar-refractivity contribution in [2.45, 2.75) is 32.1 Å². The number of likely N-dealkylation sites (tertiary alicyclic amines) is 1. The molecule has 9 heteroatoms. The number of hydrogen-bond acceptors (Lipinski definition) is 4. The third-order valence-corrected chi connectivity index (χ3v) is 4.23. The summed E-state index contributed by atoms with van der Waals surface area (Å²) >= 11 is 0. The highest BCUT2D eigenvalue weighted by molar-refractivity contribution is 5.80. The fraction of sp³-hybridized carbons (Fsp3) is 0.611. The molecule has 1 aromatic carbocycles. The molecule has 0 bridgehead atoms. The zero-order chi connectivity index (χ0) is 19.9. The van der Waals surface area contributed by atoms with E-state index in [1.165, 1.54) is 4.90 Å². The van der Waals surface area contributed by atoms with E-state index in [0.29, 0.717) is 50.1 Å². The molecule has 152 valence electrons. The second-order valence-corrected chi connectivity index (χ2v) is 6.36. The third kappa shape index (κ3) is 6.82. The van der Waals surface area contributed by atoms with Gasteiger partial charge in [-0.1, -0.05) is 6.07 Å². The lowest BCUT2D eigenvalue weighted by Crippen LogP contribution is -2.45. The first-order chi connectivity index (χ1) is 12.8. The zero-order valence-corrected chi connectivity index (χ0v) is 15.9. The summed E-state index contributed by atoms with van der Waals surface area (Å²) in [5.74, 6) is 1.86. The molecular formula is C18H27F3N4O2. The standard InChI is InChI=1S/C18H27F3N4O2/c1-4-22-17(24-14-7-8-25(11-14)12-18(19,20)21)23-10-13-5-6-15(26-2)16(9-13)27-3/h5-6,9,14H,4,7-8,10-12H2,1-3H3,(H2,22,23,24). The van der Waals surface area contributed by atoms with Crippen molar-refractivity contribution in [3.05, 3.63) is 23.8 Å². The number of methoxy groups -OCH3 is 2. The molecule has 1 fully saturated rings. The quantitative estimate of drug-likeness (QED) is 0.555. The number of nitrogens with zero attached hydrogens (tertiary/aromatic N) is 2. The van der Waals surface area contributed by atoms with Crippen molar-refractivity contribution in [3.8, 4) is 11.5 Å². The van der Waals surface area contributed by atoms with Gasteiger partial charge < -0.3 is 20.1 Å². The van der Waals surface area contributed by atoms with Gasteiger partial charge in [-0.15, -0.1) is 0 Å². The van der Waals surface area contributed by atoms with Crippen molar-refractivity contribution in [3.63, 3.8) is 0 Å². The summed E-state index contributed by atoms with van der Waals surface area (Å²) in [6.07, 6.45) is -3.52. The minimum absolute atomic E-state index is 0.0597. The van der Waals surface area contributed by atoms with Gasteiger partial charge in [-0.25, -0.2) is 4.99 Å². The molecule has 0 aliphatic carbocycles. The normalized spacial score (nSPS) is 18.4. The maximum absolute atomic E-state index is 12.5. The van der Waals surface area contributed by atoms with Gasteiger partial charge >= 0.3 is 6.18 Å². The van der Waals surface area contributed by atoms with Crippen molar-refractivity contribution >= 4 is 5.96 Å². The average molecular weight is 388 g/mol. The van der Waals surface area contributed by atoms with Crippen LogP contribution in [0.1, 0.15) is 18.9 Å². The lowest BCUT2D eigenvalue weighted by atomic mass is 10.2. The summed E-state index contributed by atoms with van der Waals surface area (Å²) in [5, 5.41) is 6.36. The lowest BCUT2D eigenvalue weighted by Gasteiger charge is -2.19. The molecular weight excluding hydrogens is 361 g/mol. The number of hydrogen-bond donors (Lipinski definition) is 2. The molecule has 6 nitrogen and oxygen atoms in total. The SMILES string of the molecule is CCNC(=NCc1ccc(OC)c(OC)c1)NC1CCN(CC(F)(F)F)C1. The first-order valence-electron chi connectivity index (χ1n) is 8.89. The second kappa shape index (κ2) is 9.68. The summed E-state index contributed by atoms with van der Waals surface area (Å²) in [6.45, 7) is 2.92. The minimum Gasteiger partial charge on any atom is -0.493 e. The predicted molar refractivity (Wildman–Crippen MR) is 98.4 cm³/mol. The Balaban J connectivity index is 1.96. The van der Waals surface area contributed by atoms with Crippen LogP contribution in [0.2, 0.25) is 0 Å². The van der Waals surface area contributed by atoms with Gasteiger partial charge in [0.15, 0.2) is 17.5 Å². The number of guanidine groups is 1. The Morgan fingerprint density at radius 1 is 1.26 bits per heavy atom. The van der Waals surface area contributed by atoms with Crippen molar-refractivity contribution in [1.29, 1.82) is 0 Å². The summed E-state index contributed by atoms with van der Waals surface area (Å²) < 4.78 is 48.1. The molecule has 2 rings (SSSR count). The van der Waals surface area contributed by atoms with Gasteiger partial charge in [-0.05, 0) is 31.0 Å². The number of halogens is 3. The molecule has 1 aliphatic rings. The van der Waals surface area contributed by atoms with Gasteiger partial charge in [0.05, 0.1) is 27.3 Å². The van der Waals surface area contributed by atoms with Crippen molar-refractivity contribution in [2.75, 3.05) is 40.4 Å².